The molecule has 1 aliphatic heterocycles. The highest BCUT2D eigenvalue weighted by atomic mass is 32.2. The van der Waals surface area contributed by atoms with Crippen molar-refractivity contribution in [3.8, 4) is 11.1 Å². The van der Waals surface area contributed by atoms with Gasteiger partial charge >= 0.3 is 12.3 Å². The van der Waals surface area contributed by atoms with Crippen LogP contribution in [0.4, 0.5) is 29.6 Å². The van der Waals surface area contributed by atoms with Crippen molar-refractivity contribution >= 4 is 27.6 Å². The molecule has 9 nitrogen and oxygen atoms in total. The van der Waals surface area contributed by atoms with E-state index < -0.39 is 32.4 Å². The normalized spacial score (nSPS) is 19.6. The van der Waals surface area contributed by atoms with Crippen molar-refractivity contribution in [1.29, 1.82) is 0 Å². The molecule has 5 rings (SSSR count). The van der Waals surface area contributed by atoms with Crippen LogP contribution in [-0.4, -0.2) is 65.4 Å². The van der Waals surface area contributed by atoms with Gasteiger partial charge in [0.2, 0.25) is 0 Å². The first-order chi connectivity index (χ1) is 20.7. The van der Waals surface area contributed by atoms with Gasteiger partial charge in [-0.3, -0.25) is 0 Å². The monoisotopic (exact) mass is 631 g/mol. The molecule has 0 bridgehead atoms. The number of ether oxygens (including phenoxy) is 1. The predicted octanol–water partition coefficient (Wildman–Crippen LogP) is 6.39. The van der Waals surface area contributed by atoms with Crippen LogP contribution >= 0.6 is 0 Å². The number of pyridine rings is 2. The average Bonchev–Trinajstić information content (AvgIpc) is 2.94. The number of hydrogen-bond donors (Lipinski definition) is 2. The molecule has 0 spiro atoms. The number of carbonyl (C=O) groups is 1. The summed E-state index contributed by atoms with van der Waals surface area (Å²) in [6.45, 7) is 6.51. The molecule has 2 aliphatic rings. The Bertz CT molecular complexity index is 1560. The van der Waals surface area contributed by atoms with Crippen molar-refractivity contribution in [1.82, 2.24) is 14.9 Å². The Balaban J connectivity index is 1.14. The van der Waals surface area contributed by atoms with Gasteiger partial charge in [-0.15, -0.1) is 0 Å². The van der Waals surface area contributed by atoms with Gasteiger partial charge in [0.05, 0.1) is 21.8 Å². The first-order valence-corrected chi connectivity index (χ1v) is 16.1. The molecule has 0 unspecified atom stereocenters. The number of halogens is 3. The number of likely N-dealkylation sites (tertiary alicyclic amines) is 1. The summed E-state index contributed by atoms with van der Waals surface area (Å²) in [5, 5.41) is 5.92. The van der Waals surface area contributed by atoms with Crippen molar-refractivity contribution in [2.24, 2.45) is 0 Å². The molecule has 1 amide bonds. The summed E-state index contributed by atoms with van der Waals surface area (Å²) < 4.78 is 70.5. The third kappa shape index (κ3) is 7.61. The molecule has 2 fully saturated rings. The van der Waals surface area contributed by atoms with Crippen molar-refractivity contribution in [3.05, 3.63) is 66.5 Å². The van der Waals surface area contributed by atoms with Gasteiger partial charge in [-0.1, -0.05) is 12.1 Å². The highest BCUT2D eigenvalue weighted by molar-refractivity contribution is 7.92. The second-order valence-electron chi connectivity index (χ2n) is 12.3. The lowest BCUT2D eigenvalue weighted by Crippen LogP contribution is -2.58. The van der Waals surface area contributed by atoms with E-state index in [0.29, 0.717) is 50.4 Å². The zero-order valence-electron chi connectivity index (χ0n) is 24.8. The van der Waals surface area contributed by atoms with Crippen LogP contribution in [0.15, 0.2) is 65.8 Å². The van der Waals surface area contributed by atoms with Gasteiger partial charge in [0.25, 0.3) is 0 Å². The number of carbonyl (C=O) groups excluding carboxylic acids is 1. The largest absolute Gasteiger partial charge is 0.444 e. The summed E-state index contributed by atoms with van der Waals surface area (Å²) in [4.78, 5) is 22.3. The maximum Gasteiger partial charge on any atom is 0.417 e. The molecule has 0 atom stereocenters. The fourth-order valence-corrected chi connectivity index (χ4v) is 7.14. The van der Waals surface area contributed by atoms with Gasteiger partial charge < -0.3 is 20.3 Å². The minimum atomic E-state index is -4.45. The topological polar surface area (TPSA) is 114 Å². The van der Waals surface area contributed by atoms with Gasteiger partial charge in [0.15, 0.2) is 9.84 Å². The summed E-state index contributed by atoms with van der Waals surface area (Å²) in [5.74, 6) is 0.995. The van der Waals surface area contributed by atoms with Gasteiger partial charge in [-0.25, -0.2) is 23.2 Å². The minimum absolute atomic E-state index is 0.0503. The van der Waals surface area contributed by atoms with E-state index >= 15 is 0 Å². The average molecular weight is 632 g/mol. The Morgan fingerprint density at radius 3 is 2.11 bits per heavy atom. The number of sulfone groups is 1. The number of anilines is 2. The molecule has 2 aromatic heterocycles. The Labute approximate surface area is 255 Å². The van der Waals surface area contributed by atoms with E-state index in [1.807, 2.05) is 32.9 Å². The van der Waals surface area contributed by atoms with Crippen LogP contribution in [0.5, 0.6) is 0 Å². The number of alkyl halides is 3. The molecule has 2 N–H and O–H groups in total. The fourth-order valence-electron chi connectivity index (χ4n) is 5.35. The van der Waals surface area contributed by atoms with E-state index in [0.717, 1.165) is 23.4 Å². The lowest BCUT2D eigenvalue weighted by Gasteiger charge is -2.40. The van der Waals surface area contributed by atoms with Crippen LogP contribution in [-0.2, 0) is 20.8 Å². The molecule has 1 aromatic carbocycles. The third-order valence-corrected chi connectivity index (χ3v) is 10.00. The molecule has 44 heavy (non-hydrogen) atoms. The van der Waals surface area contributed by atoms with E-state index in [1.165, 1.54) is 6.07 Å². The first-order valence-electron chi connectivity index (χ1n) is 14.5. The summed E-state index contributed by atoms with van der Waals surface area (Å²) in [6.07, 6.45) is -0.309. The number of amides is 1. The minimum Gasteiger partial charge on any atom is -0.444 e. The zero-order chi connectivity index (χ0) is 31.7. The molecular formula is C31H36F3N5O4S. The number of hydrogen-bond acceptors (Lipinski definition) is 8. The van der Waals surface area contributed by atoms with Gasteiger partial charge in [0.1, 0.15) is 17.2 Å². The Kier molecular flexibility index (Phi) is 8.79. The van der Waals surface area contributed by atoms with Crippen molar-refractivity contribution < 1.29 is 31.1 Å². The number of rotatable bonds is 7. The van der Waals surface area contributed by atoms with E-state index in [4.69, 9.17) is 4.74 Å². The predicted molar refractivity (Wildman–Crippen MR) is 161 cm³/mol. The van der Waals surface area contributed by atoms with Crippen LogP contribution in [0.25, 0.3) is 11.1 Å². The lowest BCUT2D eigenvalue weighted by molar-refractivity contribution is -0.137. The molecule has 3 aromatic rings. The van der Waals surface area contributed by atoms with Crippen LogP contribution in [0.2, 0.25) is 0 Å². The Morgan fingerprint density at radius 1 is 0.864 bits per heavy atom. The van der Waals surface area contributed by atoms with Crippen molar-refractivity contribution in [2.45, 2.75) is 80.5 Å². The van der Waals surface area contributed by atoms with Gasteiger partial charge in [0, 0.05) is 31.5 Å². The van der Waals surface area contributed by atoms with Gasteiger partial charge in [-0.05, 0) is 94.0 Å². The van der Waals surface area contributed by atoms with Gasteiger partial charge in [-0.2, -0.15) is 13.2 Å². The SMILES string of the molecule is CC(C)(C)OC(=O)N1CC(Nc2cc(-c3ccc(S(=O)(=O)[C@H]4CC[C@H](Nc5ccc(C(F)(F)F)cn5)CC4)cc3)ccn2)C1. The fraction of sp³-hybridized carbons (Fsp3) is 0.452. The van der Waals surface area contributed by atoms with E-state index in [2.05, 4.69) is 20.6 Å². The molecular weight excluding hydrogens is 595 g/mol. The molecule has 1 aliphatic carbocycles. The maximum atomic E-state index is 13.4. The highest BCUT2D eigenvalue weighted by Crippen LogP contribution is 2.33. The number of nitrogens with one attached hydrogen (secondary N) is 2. The van der Waals surface area contributed by atoms with Crippen LogP contribution in [0, 0.1) is 0 Å². The summed E-state index contributed by atoms with van der Waals surface area (Å²) in [6, 6.07) is 12.8. The third-order valence-electron chi connectivity index (χ3n) is 7.72. The standard InChI is InChI=1S/C31H36F3N5O4S/c1-30(2,3)43-29(40)39-18-24(19-39)38-28-16-21(14-15-35-28)20-4-9-25(10-5-20)44(41,42)26-11-7-23(8-12-26)37-27-13-6-22(17-36-27)31(32,33)34/h4-6,9-10,13-17,23-24,26H,7-8,11-12,18-19H2,1-3H3,(H,35,38)(H,36,37)/t23-,26-. The van der Waals surface area contributed by atoms with E-state index in [9.17, 15) is 26.4 Å². The Morgan fingerprint density at radius 2 is 1.52 bits per heavy atom. The zero-order valence-corrected chi connectivity index (χ0v) is 25.6. The number of nitrogens with zero attached hydrogens (tertiary/aromatic N) is 3. The van der Waals surface area contributed by atoms with Crippen LogP contribution in [0.3, 0.4) is 0 Å². The second kappa shape index (κ2) is 12.3. The van der Waals surface area contributed by atoms with Crippen LogP contribution < -0.4 is 10.6 Å². The number of aromatic nitrogens is 2. The van der Waals surface area contributed by atoms with E-state index in [-0.39, 0.29) is 23.1 Å². The molecule has 3 heterocycles. The molecule has 13 heteroatoms. The van der Waals surface area contributed by atoms with Crippen molar-refractivity contribution in [2.75, 3.05) is 23.7 Å². The van der Waals surface area contributed by atoms with Crippen molar-refractivity contribution in [3.63, 3.8) is 0 Å². The summed E-state index contributed by atoms with van der Waals surface area (Å²) in [7, 11) is -3.56. The maximum absolute atomic E-state index is 13.4. The Hall–Kier alpha value is -3.87. The van der Waals surface area contributed by atoms with E-state index in [1.54, 1.807) is 35.4 Å². The quantitative estimate of drug-likeness (QED) is 0.309. The molecule has 0 radical (unpaired) electrons. The summed E-state index contributed by atoms with van der Waals surface area (Å²) in [5.41, 5.74) is 0.358. The number of benzene rings is 1. The molecule has 1 saturated heterocycles. The molecule has 1 saturated carbocycles. The lowest BCUT2D eigenvalue weighted by atomic mass is 9.95. The smallest absolute Gasteiger partial charge is 0.417 e. The highest BCUT2D eigenvalue weighted by Gasteiger charge is 2.35. The molecule has 236 valence electrons. The van der Waals surface area contributed by atoms with Crippen LogP contribution in [0.1, 0.15) is 52.0 Å². The summed E-state index contributed by atoms with van der Waals surface area (Å²) >= 11 is 0. The first kappa shape index (κ1) is 31.6. The second-order valence-corrected chi connectivity index (χ2v) is 14.5.